The Hall–Kier alpha value is -1.67. The van der Waals surface area contributed by atoms with Crippen molar-refractivity contribution < 1.29 is 18.4 Å². The van der Waals surface area contributed by atoms with E-state index in [0.717, 1.165) is 0 Å². The molecule has 23 heavy (non-hydrogen) atoms. The van der Waals surface area contributed by atoms with Crippen LogP contribution in [0.4, 0.5) is 11.4 Å². The SMILES string of the molecule is CCS(=O)(=O)[C@H]1C[C@@H](C(C)(C)CO)Nc2ccc([N+](=O)[O-])cc21. The van der Waals surface area contributed by atoms with Crippen molar-refractivity contribution in [2.75, 3.05) is 17.7 Å². The molecule has 0 bridgehead atoms. The number of anilines is 1. The number of hydrogen-bond acceptors (Lipinski definition) is 6. The molecule has 1 aromatic rings. The molecule has 2 rings (SSSR count). The van der Waals surface area contributed by atoms with Crippen LogP contribution in [0.2, 0.25) is 0 Å². The normalized spacial score (nSPS) is 21.4. The topological polar surface area (TPSA) is 110 Å². The van der Waals surface area contributed by atoms with E-state index in [0.29, 0.717) is 11.3 Å². The third-order valence-electron chi connectivity index (χ3n) is 4.56. The molecule has 0 saturated heterocycles. The third kappa shape index (κ3) is 3.32. The highest BCUT2D eigenvalue weighted by Crippen LogP contribution is 2.43. The first-order valence-electron chi connectivity index (χ1n) is 7.49. The quantitative estimate of drug-likeness (QED) is 0.627. The second kappa shape index (κ2) is 6.09. The van der Waals surface area contributed by atoms with Crippen molar-refractivity contribution in [2.24, 2.45) is 5.41 Å². The number of rotatable bonds is 5. The molecule has 0 radical (unpaired) electrons. The van der Waals surface area contributed by atoms with Gasteiger partial charge in [-0.15, -0.1) is 0 Å². The lowest BCUT2D eigenvalue weighted by atomic mass is 9.79. The Morgan fingerprint density at radius 3 is 2.61 bits per heavy atom. The fourth-order valence-corrected chi connectivity index (χ4v) is 4.28. The highest BCUT2D eigenvalue weighted by Gasteiger charge is 2.41. The van der Waals surface area contributed by atoms with Gasteiger partial charge in [0, 0.05) is 40.6 Å². The van der Waals surface area contributed by atoms with Crippen molar-refractivity contribution in [1.29, 1.82) is 0 Å². The number of nitro groups is 1. The Labute approximate surface area is 135 Å². The van der Waals surface area contributed by atoms with E-state index in [1.807, 2.05) is 13.8 Å². The molecule has 1 aliphatic rings. The number of nitro benzene ring substituents is 1. The number of sulfone groups is 1. The lowest BCUT2D eigenvalue weighted by Crippen LogP contribution is -2.44. The van der Waals surface area contributed by atoms with Crippen LogP contribution < -0.4 is 5.32 Å². The standard InChI is InChI=1S/C15H22N2O5S/c1-4-23(21,22)13-8-14(15(2,3)9-18)16-12-6-5-10(17(19)20)7-11(12)13/h5-7,13-14,16,18H,4,8-9H2,1-3H3/t13-,14-/m0/s1. The molecule has 7 nitrogen and oxygen atoms in total. The van der Waals surface area contributed by atoms with E-state index in [2.05, 4.69) is 5.32 Å². The minimum atomic E-state index is -3.42. The first kappa shape index (κ1) is 17.7. The van der Waals surface area contributed by atoms with Gasteiger partial charge in [0.2, 0.25) is 0 Å². The predicted octanol–water partition coefficient (Wildman–Crippen LogP) is 2.27. The monoisotopic (exact) mass is 342 g/mol. The van der Waals surface area contributed by atoms with Crippen LogP contribution in [-0.2, 0) is 9.84 Å². The van der Waals surface area contributed by atoms with Crippen LogP contribution in [0.1, 0.15) is 38.0 Å². The first-order valence-corrected chi connectivity index (χ1v) is 9.21. The van der Waals surface area contributed by atoms with E-state index < -0.39 is 25.4 Å². The number of fused-ring (bicyclic) bond motifs is 1. The van der Waals surface area contributed by atoms with E-state index in [-0.39, 0.29) is 30.5 Å². The van der Waals surface area contributed by atoms with Gasteiger partial charge in [-0.05, 0) is 12.5 Å². The zero-order valence-corrected chi connectivity index (χ0v) is 14.3. The lowest BCUT2D eigenvalue weighted by molar-refractivity contribution is -0.384. The summed E-state index contributed by atoms with van der Waals surface area (Å²) in [6.07, 6.45) is 0.276. The summed E-state index contributed by atoms with van der Waals surface area (Å²) in [6.45, 7) is 5.19. The van der Waals surface area contributed by atoms with Gasteiger partial charge in [-0.1, -0.05) is 20.8 Å². The Bertz CT molecular complexity index is 715. The predicted molar refractivity (Wildman–Crippen MR) is 88.2 cm³/mol. The Kier molecular flexibility index (Phi) is 4.68. The number of nitrogens with one attached hydrogen (secondary N) is 1. The molecule has 1 aliphatic heterocycles. The summed E-state index contributed by atoms with van der Waals surface area (Å²) in [4.78, 5) is 10.5. The number of nitrogens with zero attached hydrogens (tertiary/aromatic N) is 1. The zero-order valence-electron chi connectivity index (χ0n) is 13.4. The van der Waals surface area contributed by atoms with Gasteiger partial charge in [-0.3, -0.25) is 10.1 Å². The zero-order chi connectivity index (χ0) is 17.4. The van der Waals surface area contributed by atoms with Crippen LogP contribution in [0.3, 0.4) is 0 Å². The smallest absolute Gasteiger partial charge is 0.269 e. The Balaban J connectivity index is 2.57. The highest BCUT2D eigenvalue weighted by molar-refractivity contribution is 7.91. The highest BCUT2D eigenvalue weighted by atomic mass is 32.2. The molecule has 2 atom stereocenters. The van der Waals surface area contributed by atoms with E-state index in [1.165, 1.54) is 12.1 Å². The van der Waals surface area contributed by atoms with Crippen molar-refractivity contribution in [2.45, 2.75) is 38.5 Å². The lowest BCUT2D eigenvalue weighted by Gasteiger charge is -2.40. The summed E-state index contributed by atoms with van der Waals surface area (Å²) >= 11 is 0. The van der Waals surface area contributed by atoms with Crippen molar-refractivity contribution in [3.05, 3.63) is 33.9 Å². The van der Waals surface area contributed by atoms with Crippen molar-refractivity contribution >= 4 is 21.2 Å². The van der Waals surface area contributed by atoms with E-state index in [1.54, 1.807) is 13.0 Å². The number of benzene rings is 1. The fraction of sp³-hybridized carbons (Fsp3) is 0.600. The van der Waals surface area contributed by atoms with Gasteiger partial charge < -0.3 is 10.4 Å². The van der Waals surface area contributed by atoms with Crippen LogP contribution in [0.5, 0.6) is 0 Å². The number of aliphatic hydroxyl groups excluding tert-OH is 1. The maximum atomic E-state index is 12.5. The maximum Gasteiger partial charge on any atom is 0.269 e. The Morgan fingerprint density at radius 2 is 2.09 bits per heavy atom. The van der Waals surface area contributed by atoms with E-state index in [4.69, 9.17) is 0 Å². The Morgan fingerprint density at radius 1 is 1.43 bits per heavy atom. The summed E-state index contributed by atoms with van der Waals surface area (Å²) in [5.41, 5.74) is 0.379. The minimum absolute atomic E-state index is 0.0356. The molecular formula is C15H22N2O5S. The van der Waals surface area contributed by atoms with Crippen LogP contribution >= 0.6 is 0 Å². The number of aliphatic hydroxyl groups is 1. The van der Waals surface area contributed by atoms with Gasteiger partial charge >= 0.3 is 0 Å². The summed E-state index contributed by atoms with van der Waals surface area (Å²) in [5, 5.41) is 23.0. The maximum absolute atomic E-state index is 12.5. The molecule has 0 spiro atoms. The largest absolute Gasteiger partial charge is 0.396 e. The molecular weight excluding hydrogens is 320 g/mol. The van der Waals surface area contributed by atoms with Crippen molar-refractivity contribution in [1.82, 2.24) is 0 Å². The molecule has 2 N–H and O–H groups in total. The molecule has 0 aliphatic carbocycles. The molecule has 0 aromatic heterocycles. The number of non-ortho nitro benzene ring substituents is 1. The van der Waals surface area contributed by atoms with Crippen LogP contribution in [-0.4, -0.2) is 36.8 Å². The molecule has 1 heterocycles. The summed E-state index contributed by atoms with van der Waals surface area (Å²) in [5.74, 6) is -0.0356. The number of hydrogen-bond donors (Lipinski definition) is 2. The van der Waals surface area contributed by atoms with Gasteiger partial charge in [0.05, 0.1) is 16.8 Å². The molecule has 0 unspecified atom stereocenters. The van der Waals surface area contributed by atoms with Gasteiger partial charge in [0.15, 0.2) is 9.84 Å². The van der Waals surface area contributed by atoms with Gasteiger partial charge in [-0.2, -0.15) is 0 Å². The first-order chi connectivity index (χ1) is 10.6. The van der Waals surface area contributed by atoms with Crippen molar-refractivity contribution in [3.8, 4) is 0 Å². The average Bonchev–Trinajstić information content (AvgIpc) is 2.52. The molecule has 0 fully saturated rings. The molecule has 128 valence electrons. The summed E-state index contributed by atoms with van der Waals surface area (Å²) in [7, 11) is -3.42. The summed E-state index contributed by atoms with van der Waals surface area (Å²) < 4.78 is 25.0. The summed E-state index contributed by atoms with van der Waals surface area (Å²) in [6, 6.07) is 4.00. The second-order valence-corrected chi connectivity index (χ2v) is 9.02. The molecule has 8 heteroatoms. The van der Waals surface area contributed by atoms with Crippen LogP contribution in [0, 0.1) is 15.5 Å². The van der Waals surface area contributed by atoms with Crippen molar-refractivity contribution in [3.63, 3.8) is 0 Å². The molecule has 1 aromatic carbocycles. The van der Waals surface area contributed by atoms with Gasteiger partial charge in [-0.25, -0.2) is 8.42 Å². The van der Waals surface area contributed by atoms with Gasteiger partial charge in [0.1, 0.15) is 0 Å². The van der Waals surface area contributed by atoms with Crippen LogP contribution in [0.25, 0.3) is 0 Å². The average molecular weight is 342 g/mol. The third-order valence-corrected chi connectivity index (χ3v) is 6.68. The van der Waals surface area contributed by atoms with Gasteiger partial charge in [0.25, 0.3) is 5.69 Å². The van der Waals surface area contributed by atoms with E-state index >= 15 is 0 Å². The van der Waals surface area contributed by atoms with E-state index in [9.17, 15) is 23.6 Å². The van der Waals surface area contributed by atoms with Crippen LogP contribution in [0.15, 0.2) is 18.2 Å². The molecule has 0 amide bonds. The molecule has 0 saturated carbocycles. The minimum Gasteiger partial charge on any atom is -0.396 e. The second-order valence-electron chi connectivity index (χ2n) is 6.55. The fourth-order valence-electron chi connectivity index (χ4n) is 2.82.